The van der Waals surface area contributed by atoms with Crippen LogP contribution in [0.4, 0.5) is 0 Å². The molecule has 11 heteroatoms. The lowest BCUT2D eigenvalue weighted by atomic mass is 9.97. The molecule has 0 aromatic heterocycles. The van der Waals surface area contributed by atoms with Crippen LogP contribution in [-0.2, 0) is 14.2 Å². The monoisotopic (exact) mass is 358 g/mol. The highest BCUT2D eigenvalue weighted by Gasteiger charge is 2.49. The van der Waals surface area contributed by atoms with Gasteiger partial charge in [-0.3, -0.25) is 0 Å². The third-order valence-corrected chi connectivity index (χ3v) is 4.34. The molecule has 10 nitrogen and oxygen atoms in total. The second-order valence-electron chi connectivity index (χ2n) is 5.53. The number of aliphatic hydroxyl groups excluding tert-OH is 7. The zero-order chi connectivity index (χ0) is 17.3. The van der Waals surface area contributed by atoms with E-state index in [9.17, 15) is 35.7 Å². The molecule has 0 spiro atoms. The van der Waals surface area contributed by atoms with Crippen LogP contribution in [0.3, 0.4) is 0 Å². The molecule has 0 aliphatic carbocycles. The highest BCUT2D eigenvalue weighted by atomic mass is 32.1. The molecule has 0 saturated carbocycles. The molecule has 0 radical (unpaired) electrons. The molecule has 2 aliphatic rings. The van der Waals surface area contributed by atoms with E-state index in [2.05, 4.69) is 12.6 Å². The number of aliphatic hydroxyl groups is 7. The summed E-state index contributed by atoms with van der Waals surface area (Å²) >= 11 is 3.96. The summed E-state index contributed by atoms with van der Waals surface area (Å²) in [5.41, 5.74) is 0. The van der Waals surface area contributed by atoms with E-state index >= 15 is 0 Å². The van der Waals surface area contributed by atoms with E-state index < -0.39 is 68.0 Å². The van der Waals surface area contributed by atoms with Crippen molar-refractivity contribution in [3.63, 3.8) is 0 Å². The molecule has 2 aliphatic heterocycles. The highest BCUT2D eigenvalue weighted by Crippen LogP contribution is 2.28. The quantitative estimate of drug-likeness (QED) is 0.229. The van der Waals surface area contributed by atoms with Crippen molar-refractivity contribution in [2.45, 2.75) is 61.4 Å². The van der Waals surface area contributed by atoms with Crippen LogP contribution in [0.25, 0.3) is 0 Å². The molecule has 10 atom stereocenters. The predicted octanol–water partition coefficient (Wildman–Crippen LogP) is -4.46. The third-order valence-electron chi connectivity index (χ3n) is 3.98. The van der Waals surface area contributed by atoms with Gasteiger partial charge in [0.2, 0.25) is 0 Å². The Morgan fingerprint density at radius 1 is 0.783 bits per heavy atom. The first kappa shape index (κ1) is 19.3. The maximum atomic E-state index is 9.98. The lowest BCUT2D eigenvalue weighted by Crippen LogP contribution is -2.64. The fraction of sp³-hybridized carbons (Fsp3) is 1.00. The Bertz CT molecular complexity index is 383. The molecule has 0 amide bonds. The van der Waals surface area contributed by atoms with Crippen LogP contribution >= 0.6 is 12.6 Å². The van der Waals surface area contributed by atoms with Crippen LogP contribution < -0.4 is 0 Å². The largest absolute Gasteiger partial charge is 0.394 e. The Morgan fingerprint density at radius 3 is 2.00 bits per heavy atom. The first-order valence-electron chi connectivity index (χ1n) is 7.08. The Labute approximate surface area is 137 Å². The second-order valence-corrected chi connectivity index (χ2v) is 5.89. The smallest absolute Gasteiger partial charge is 0.187 e. The summed E-state index contributed by atoms with van der Waals surface area (Å²) in [5.74, 6) is 0.0271. The normalized spacial score (nSPS) is 51.7. The van der Waals surface area contributed by atoms with Gasteiger partial charge in [0.25, 0.3) is 0 Å². The Hall–Kier alpha value is -0.0500. The molecular weight excluding hydrogens is 336 g/mol. The number of thiol groups is 1. The van der Waals surface area contributed by atoms with Gasteiger partial charge in [0.05, 0.1) is 12.7 Å². The van der Waals surface area contributed by atoms with Gasteiger partial charge in [-0.25, -0.2) is 0 Å². The molecule has 0 aromatic carbocycles. The van der Waals surface area contributed by atoms with Crippen LogP contribution in [-0.4, -0.2) is 110 Å². The van der Waals surface area contributed by atoms with E-state index in [4.69, 9.17) is 14.2 Å². The van der Waals surface area contributed by atoms with Gasteiger partial charge in [0.1, 0.15) is 42.7 Å². The standard InChI is InChI=1S/C12H22O10S/c13-1-3-10(7(16)8(17)11(19)20-3)22-12-9(18)6(15)5(14)4(2-23)21-12/h3-19,23H,1-2H2/t3?,4?,5?,6?,7?,8?,9?,10?,11-,12?/m1/s1. The number of hydrogen-bond acceptors (Lipinski definition) is 11. The van der Waals surface area contributed by atoms with E-state index in [1.165, 1.54) is 0 Å². The van der Waals surface area contributed by atoms with E-state index in [1.54, 1.807) is 0 Å². The summed E-state index contributed by atoms with van der Waals surface area (Å²) in [4.78, 5) is 0. The van der Waals surface area contributed by atoms with Crippen molar-refractivity contribution in [2.75, 3.05) is 12.4 Å². The minimum atomic E-state index is -1.71. The molecule has 2 fully saturated rings. The summed E-state index contributed by atoms with van der Waals surface area (Å²) in [6.07, 6.45) is -14.6. The molecule has 0 bridgehead atoms. The Kier molecular flexibility index (Phi) is 6.61. The number of ether oxygens (including phenoxy) is 3. The van der Waals surface area contributed by atoms with Crippen molar-refractivity contribution in [1.29, 1.82) is 0 Å². The van der Waals surface area contributed by atoms with E-state index in [0.717, 1.165) is 0 Å². The van der Waals surface area contributed by atoms with Crippen LogP contribution in [0, 0.1) is 0 Å². The fourth-order valence-electron chi connectivity index (χ4n) is 2.57. The molecule has 2 rings (SSSR count). The average molecular weight is 358 g/mol. The van der Waals surface area contributed by atoms with Crippen molar-refractivity contribution in [2.24, 2.45) is 0 Å². The molecule has 136 valence electrons. The van der Waals surface area contributed by atoms with Crippen molar-refractivity contribution < 1.29 is 50.0 Å². The summed E-state index contributed by atoms with van der Waals surface area (Å²) in [7, 11) is 0. The summed E-state index contributed by atoms with van der Waals surface area (Å²) < 4.78 is 15.5. The number of hydrogen-bond donors (Lipinski definition) is 8. The van der Waals surface area contributed by atoms with Crippen molar-refractivity contribution in [3.05, 3.63) is 0 Å². The predicted molar refractivity (Wildman–Crippen MR) is 75.4 cm³/mol. The lowest BCUT2D eigenvalue weighted by Gasteiger charge is -2.45. The van der Waals surface area contributed by atoms with Crippen molar-refractivity contribution in [3.8, 4) is 0 Å². The van der Waals surface area contributed by atoms with Crippen LogP contribution in [0.2, 0.25) is 0 Å². The number of rotatable bonds is 4. The maximum Gasteiger partial charge on any atom is 0.187 e. The van der Waals surface area contributed by atoms with Crippen LogP contribution in [0.5, 0.6) is 0 Å². The van der Waals surface area contributed by atoms with Gasteiger partial charge in [0, 0.05) is 5.75 Å². The van der Waals surface area contributed by atoms with Gasteiger partial charge >= 0.3 is 0 Å². The molecular formula is C12H22O10S. The van der Waals surface area contributed by atoms with Gasteiger partial charge in [-0.15, -0.1) is 0 Å². The van der Waals surface area contributed by atoms with Crippen molar-refractivity contribution >= 4 is 12.6 Å². The van der Waals surface area contributed by atoms with Crippen LogP contribution in [0.15, 0.2) is 0 Å². The topological polar surface area (TPSA) is 169 Å². The van der Waals surface area contributed by atoms with Gasteiger partial charge in [-0.05, 0) is 0 Å². The molecule has 2 saturated heterocycles. The Morgan fingerprint density at radius 2 is 1.43 bits per heavy atom. The van der Waals surface area contributed by atoms with Crippen molar-refractivity contribution in [1.82, 2.24) is 0 Å². The highest BCUT2D eigenvalue weighted by molar-refractivity contribution is 7.80. The zero-order valence-corrected chi connectivity index (χ0v) is 12.9. The second kappa shape index (κ2) is 7.89. The fourth-order valence-corrected chi connectivity index (χ4v) is 2.87. The summed E-state index contributed by atoms with van der Waals surface area (Å²) in [5, 5.41) is 67.7. The average Bonchev–Trinajstić information content (AvgIpc) is 2.55. The first-order chi connectivity index (χ1) is 10.8. The van der Waals surface area contributed by atoms with E-state index in [-0.39, 0.29) is 5.75 Å². The van der Waals surface area contributed by atoms with Gasteiger partial charge in [0.15, 0.2) is 12.6 Å². The Balaban J connectivity index is 2.11. The molecule has 7 N–H and O–H groups in total. The SMILES string of the molecule is OCC1O[C@@H](O)C(O)C(O)C1OC1OC(CS)C(O)C(O)C1O. The minimum absolute atomic E-state index is 0.0271. The molecule has 9 unspecified atom stereocenters. The van der Waals surface area contributed by atoms with E-state index in [0.29, 0.717) is 0 Å². The first-order valence-corrected chi connectivity index (χ1v) is 7.71. The van der Waals surface area contributed by atoms with Gasteiger partial charge < -0.3 is 50.0 Å². The molecule has 23 heavy (non-hydrogen) atoms. The van der Waals surface area contributed by atoms with Gasteiger partial charge in [-0.1, -0.05) is 0 Å². The van der Waals surface area contributed by atoms with Gasteiger partial charge in [-0.2, -0.15) is 12.6 Å². The van der Waals surface area contributed by atoms with Crippen LogP contribution in [0.1, 0.15) is 0 Å². The maximum absolute atomic E-state index is 9.98. The molecule has 0 aromatic rings. The lowest BCUT2D eigenvalue weighted by molar-refractivity contribution is -0.351. The zero-order valence-electron chi connectivity index (χ0n) is 12.0. The summed E-state index contributed by atoms with van der Waals surface area (Å²) in [6, 6.07) is 0. The molecule has 2 heterocycles. The summed E-state index contributed by atoms with van der Waals surface area (Å²) in [6.45, 7) is -0.643. The minimum Gasteiger partial charge on any atom is -0.394 e. The van der Waals surface area contributed by atoms with E-state index in [1.807, 2.05) is 0 Å². The third kappa shape index (κ3) is 3.80.